The lowest BCUT2D eigenvalue weighted by atomic mass is 10.2. The first-order chi connectivity index (χ1) is 4.93. The monoisotopic (exact) mass is 151 g/mol. The maximum atomic E-state index is 9.82. The molecule has 0 spiro atoms. The van der Waals surface area contributed by atoms with Gasteiger partial charge in [-0.25, -0.2) is 0 Å². The van der Waals surface area contributed by atoms with Gasteiger partial charge in [0, 0.05) is 5.75 Å². The highest BCUT2D eigenvalue weighted by Crippen LogP contribution is 2.07. The summed E-state index contributed by atoms with van der Waals surface area (Å²) in [5.74, 6) is 0.727. The summed E-state index contributed by atoms with van der Waals surface area (Å²) in [7, 11) is 0. The molecule has 0 unspecified atom stereocenters. The lowest BCUT2D eigenvalue weighted by Gasteiger charge is -1.92. The maximum absolute atomic E-state index is 9.82. The van der Waals surface area contributed by atoms with Crippen molar-refractivity contribution in [3.63, 3.8) is 0 Å². The van der Waals surface area contributed by atoms with Gasteiger partial charge in [-0.2, -0.15) is 0 Å². The van der Waals surface area contributed by atoms with E-state index in [9.17, 15) is 4.79 Å². The Balaban J connectivity index is 2.50. The van der Waals surface area contributed by atoms with Crippen LogP contribution in [0.3, 0.4) is 0 Å². The molecule has 0 atom stereocenters. The molecule has 1 nitrogen and oxygen atoms in total. The summed E-state index contributed by atoms with van der Waals surface area (Å²) in [6.45, 7) is 0. The molecule has 0 bridgehead atoms. The molecule has 1 aromatic rings. The number of thioether (sulfide) groups is 1. The van der Waals surface area contributed by atoms with Crippen molar-refractivity contribution in [3.05, 3.63) is 35.9 Å². The van der Waals surface area contributed by atoms with Crippen LogP contribution in [-0.4, -0.2) is 5.62 Å². The van der Waals surface area contributed by atoms with Crippen molar-refractivity contribution >= 4 is 17.4 Å². The van der Waals surface area contributed by atoms with Gasteiger partial charge < -0.3 is 0 Å². The van der Waals surface area contributed by atoms with Crippen molar-refractivity contribution in [3.8, 4) is 0 Å². The zero-order chi connectivity index (χ0) is 7.23. The Labute approximate surface area is 64.4 Å². The fourth-order valence-corrected chi connectivity index (χ4v) is 1.11. The van der Waals surface area contributed by atoms with Crippen LogP contribution in [0.5, 0.6) is 0 Å². The van der Waals surface area contributed by atoms with Gasteiger partial charge in [-0.15, -0.1) is 0 Å². The average Bonchev–Trinajstić information content (AvgIpc) is 2.03. The Morgan fingerprint density at radius 3 is 2.60 bits per heavy atom. The summed E-state index contributed by atoms with van der Waals surface area (Å²) < 4.78 is 0. The smallest absolute Gasteiger partial charge is 0.266 e. The van der Waals surface area contributed by atoms with Crippen LogP contribution in [0, 0.1) is 0 Å². The van der Waals surface area contributed by atoms with Crippen molar-refractivity contribution in [2.75, 3.05) is 0 Å². The molecule has 0 aliphatic heterocycles. The van der Waals surface area contributed by atoms with Crippen molar-refractivity contribution in [2.24, 2.45) is 0 Å². The highest BCUT2D eigenvalue weighted by molar-refractivity contribution is 8.11. The zero-order valence-corrected chi connectivity index (χ0v) is 6.23. The Kier molecular flexibility index (Phi) is 3.03. The molecule has 0 saturated carbocycles. The molecule has 0 saturated heterocycles. The molecule has 1 rings (SSSR count). The molecule has 1 radical (unpaired) electrons. The second-order valence-electron chi connectivity index (χ2n) is 1.86. The van der Waals surface area contributed by atoms with E-state index in [0.29, 0.717) is 0 Å². The molecular formula is C8H7OS. The number of hydrogen-bond donors (Lipinski definition) is 0. The molecule has 0 amide bonds. The first-order valence-electron chi connectivity index (χ1n) is 2.96. The van der Waals surface area contributed by atoms with Crippen molar-refractivity contribution < 1.29 is 4.79 Å². The third kappa shape index (κ3) is 2.23. The summed E-state index contributed by atoms with van der Waals surface area (Å²) in [5.41, 5.74) is 2.95. The number of rotatable bonds is 3. The average molecular weight is 151 g/mol. The van der Waals surface area contributed by atoms with E-state index in [0.717, 1.165) is 23.1 Å². The van der Waals surface area contributed by atoms with Gasteiger partial charge in [-0.05, 0) is 5.56 Å². The Bertz CT molecular complexity index is 196. The minimum Gasteiger partial charge on any atom is -0.277 e. The van der Waals surface area contributed by atoms with Gasteiger partial charge in [-0.3, -0.25) is 4.79 Å². The van der Waals surface area contributed by atoms with Crippen LogP contribution in [-0.2, 0) is 10.5 Å². The highest BCUT2D eigenvalue weighted by atomic mass is 32.2. The summed E-state index contributed by atoms with van der Waals surface area (Å²) in [6, 6.07) is 9.86. The fourth-order valence-electron chi connectivity index (χ4n) is 0.687. The Morgan fingerprint density at radius 1 is 1.30 bits per heavy atom. The predicted octanol–water partition coefficient (Wildman–Crippen LogP) is 1.99. The van der Waals surface area contributed by atoms with E-state index >= 15 is 0 Å². The SMILES string of the molecule is O=[C]SCc1ccccc1. The molecule has 51 valence electrons. The van der Waals surface area contributed by atoms with Gasteiger partial charge in [0.05, 0.1) is 0 Å². The fraction of sp³-hybridized carbons (Fsp3) is 0.125. The molecule has 0 aliphatic carbocycles. The quantitative estimate of drug-likeness (QED) is 0.657. The second kappa shape index (κ2) is 4.12. The summed E-state index contributed by atoms with van der Waals surface area (Å²) in [5, 5.41) is 0. The van der Waals surface area contributed by atoms with Crippen molar-refractivity contribution in [1.82, 2.24) is 0 Å². The Hall–Kier alpha value is -0.760. The molecule has 0 aromatic heterocycles. The van der Waals surface area contributed by atoms with Crippen LogP contribution in [0.1, 0.15) is 5.56 Å². The van der Waals surface area contributed by atoms with Crippen LogP contribution in [0.15, 0.2) is 30.3 Å². The van der Waals surface area contributed by atoms with E-state index < -0.39 is 0 Å². The van der Waals surface area contributed by atoms with E-state index in [1.165, 1.54) is 0 Å². The van der Waals surface area contributed by atoms with Crippen LogP contribution < -0.4 is 0 Å². The summed E-state index contributed by atoms with van der Waals surface area (Å²) in [4.78, 5) is 9.82. The van der Waals surface area contributed by atoms with Crippen LogP contribution in [0.25, 0.3) is 0 Å². The first kappa shape index (κ1) is 7.35. The number of carbonyl (C=O) groups excluding carboxylic acids is 1. The van der Waals surface area contributed by atoms with Crippen molar-refractivity contribution in [2.45, 2.75) is 5.75 Å². The van der Waals surface area contributed by atoms with E-state index in [1.807, 2.05) is 30.3 Å². The molecule has 1 aromatic carbocycles. The van der Waals surface area contributed by atoms with Gasteiger partial charge in [0.15, 0.2) is 0 Å². The molecule has 10 heavy (non-hydrogen) atoms. The van der Waals surface area contributed by atoms with Crippen molar-refractivity contribution in [1.29, 1.82) is 0 Å². The third-order valence-corrected chi connectivity index (χ3v) is 1.74. The van der Waals surface area contributed by atoms with E-state index in [2.05, 4.69) is 0 Å². The third-order valence-electron chi connectivity index (χ3n) is 1.14. The normalized spacial score (nSPS) is 9.20. The van der Waals surface area contributed by atoms with Crippen LogP contribution >= 0.6 is 11.8 Å². The van der Waals surface area contributed by atoms with E-state index in [4.69, 9.17) is 0 Å². The minimum atomic E-state index is 0.727. The molecule has 0 heterocycles. The second-order valence-corrected chi connectivity index (χ2v) is 2.60. The molecular weight excluding hydrogens is 144 g/mol. The molecule has 2 heteroatoms. The lowest BCUT2D eigenvalue weighted by molar-refractivity contribution is 0.570. The predicted molar refractivity (Wildman–Crippen MR) is 43.4 cm³/mol. The Morgan fingerprint density at radius 2 is 2.00 bits per heavy atom. The van der Waals surface area contributed by atoms with Gasteiger partial charge >= 0.3 is 0 Å². The topological polar surface area (TPSA) is 17.1 Å². The van der Waals surface area contributed by atoms with Crippen LogP contribution in [0.2, 0.25) is 0 Å². The highest BCUT2D eigenvalue weighted by Gasteiger charge is 1.88. The molecule has 0 fully saturated rings. The summed E-state index contributed by atoms with van der Waals surface area (Å²) >= 11 is 1.16. The summed E-state index contributed by atoms with van der Waals surface area (Å²) in [6.07, 6.45) is 0. The van der Waals surface area contributed by atoms with Crippen LogP contribution in [0.4, 0.5) is 0 Å². The minimum absolute atomic E-state index is 0.727. The molecule has 0 N–H and O–H groups in total. The number of benzene rings is 1. The molecule has 0 aliphatic rings. The van der Waals surface area contributed by atoms with Gasteiger partial charge in [0.1, 0.15) is 0 Å². The van der Waals surface area contributed by atoms with E-state index in [-0.39, 0.29) is 0 Å². The first-order valence-corrected chi connectivity index (χ1v) is 3.95. The lowest BCUT2D eigenvalue weighted by Crippen LogP contribution is -1.76. The van der Waals surface area contributed by atoms with E-state index in [1.54, 1.807) is 5.62 Å². The van der Waals surface area contributed by atoms with Gasteiger partial charge in [0.2, 0.25) is 0 Å². The number of hydrogen-bond acceptors (Lipinski definition) is 2. The van der Waals surface area contributed by atoms with Gasteiger partial charge in [0.25, 0.3) is 5.62 Å². The van der Waals surface area contributed by atoms with Gasteiger partial charge in [-0.1, -0.05) is 42.1 Å². The maximum Gasteiger partial charge on any atom is 0.266 e. The largest absolute Gasteiger partial charge is 0.277 e. The zero-order valence-electron chi connectivity index (χ0n) is 5.41. The standard InChI is InChI=1S/C8H7OS/c9-7-10-6-8-4-2-1-3-5-8/h1-5H,6H2.